The van der Waals surface area contributed by atoms with Crippen LogP contribution in [-0.4, -0.2) is 27.3 Å². The minimum absolute atomic E-state index is 0.0799. The molecular formula is C12H9N5O3. The summed E-state index contributed by atoms with van der Waals surface area (Å²) in [5.41, 5.74) is 0.720. The molecular weight excluding hydrogens is 262 g/mol. The first-order valence-corrected chi connectivity index (χ1v) is 5.45. The van der Waals surface area contributed by atoms with E-state index in [9.17, 15) is 9.59 Å². The van der Waals surface area contributed by atoms with Crippen LogP contribution in [0.3, 0.4) is 0 Å². The number of carbonyl (C=O) groups is 2. The number of hydrogen-bond acceptors (Lipinski definition) is 4. The van der Waals surface area contributed by atoms with Gasteiger partial charge in [0.05, 0.1) is 11.6 Å². The third-order valence-corrected chi connectivity index (χ3v) is 2.30. The van der Waals surface area contributed by atoms with Crippen LogP contribution >= 0.6 is 0 Å². The average Bonchev–Trinajstić information content (AvgIpc) is 2.87. The second-order valence-corrected chi connectivity index (χ2v) is 3.74. The number of nitrogens with one attached hydrogen (secondary N) is 3. The molecule has 1 aromatic heterocycles. The second-order valence-electron chi connectivity index (χ2n) is 3.74. The van der Waals surface area contributed by atoms with Crippen molar-refractivity contribution in [3.05, 3.63) is 41.6 Å². The molecule has 0 unspecified atom stereocenters. The van der Waals surface area contributed by atoms with Crippen LogP contribution in [0, 0.1) is 11.3 Å². The Bertz CT molecular complexity index is 701. The Hall–Kier alpha value is -3.34. The Morgan fingerprint density at radius 3 is 2.75 bits per heavy atom. The lowest BCUT2D eigenvalue weighted by Crippen LogP contribution is -2.19. The number of anilines is 2. The number of hydrogen-bond donors (Lipinski definition) is 4. The second kappa shape index (κ2) is 5.53. The zero-order chi connectivity index (χ0) is 14.5. The van der Waals surface area contributed by atoms with Crippen LogP contribution in [-0.2, 0) is 0 Å². The number of carboxylic acid groups (broad SMARTS) is 1. The number of aromatic amines is 1. The highest BCUT2D eigenvalue weighted by Crippen LogP contribution is 2.11. The molecule has 100 valence electrons. The fraction of sp³-hybridized carbons (Fsp3) is 0. The number of nitrogens with zero attached hydrogens (tertiary/aromatic N) is 2. The first-order valence-electron chi connectivity index (χ1n) is 5.45. The molecule has 2 aromatic rings. The molecule has 0 atom stereocenters. The summed E-state index contributed by atoms with van der Waals surface area (Å²) >= 11 is 0. The monoisotopic (exact) mass is 271 g/mol. The third-order valence-electron chi connectivity index (χ3n) is 2.30. The number of carbonyl (C=O) groups excluding carboxylic acids is 1. The maximum atomic E-state index is 11.7. The van der Waals surface area contributed by atoms with Gasteiger partial charge in [0.2, 0.25) is 0 Å². The van der Waals surface area contributed by atoms with E-state index in [2.05, 4.69) is 20.8 Å². The van der Waals surface area contributed by atoms with Crippen molar-refractivity contribution in [2.75, 3.05) is 10.6 Å². The molecule has 2 amide bonds. The summed E-state index contributed by atoms with van der Waals surface area (Å²) in [4.78, 5) is 22.3. The predicted molar refractivity (Wildman–Crippen MR) is 69.3 cm³/mol. The molecule has 8 heteroatoms. The van der Waals surface area contributed by atoms with Crippen molar-refractivity contribution >= 4 is 23.5 Å². The minimum atomic E-state index is -1.17. The molecule has 0 saturated carbocycles. The van der Waals surface area contributed by atoms with E-state index in [1.807, 2.05) is 6.07 Å². The van der Waals surface area contributed by atoms with Gasteiger partial charge < -0.3 is 10.4 Å². The molecule has 0 fully saturated rings. The number of aromatic carboxylic acids is 1. The van der Waals surface area contributed by atoms with Crippen molar-refractivity contribution in [3.8, 4) is 6.07 Å². The molecule has 4 N–H and O–H groups in total. The molecule has 0 aliphatic carbocycles. The first-order chi connectivity index (χ1) is 9.58. The molecule has 1 heterocycles. The SMILES string of the molecule is N#Cc1cccc(NC(=O)Nc2cc(C(=O)O)[nH]n2)c1. The number of amides is 2. The quantitative estimate of drug-likeness (QED) is 0.673. The van der Waals surface area contributed by atoms with Gasteiger partial charge >= 0.3 is 12.0 Å². The largest absolute Gasteiger partial charge is 0.477 e. The molecule has 8 nitrogen and oxygen atoms in total. The number of benzene rings is 1. The van der Waals surface area contributed by atoms with Gasteiger partial charge in [-0.1, -0.05) is 6.07 Å². The van der Waals surface area contributed by atoms with Gasteiger partial charge in [-0.2, -0.15) is 10.4 Å². The molecule has 0 spiro atoms. The number of carboxylic acids is 1. The Morgan fingerprint density at radius 2 is 2.10 bits per heavy atom. The van der Waals surface area contributed by atoms with Crippen LogP contribution in [0.25, 0.3) is 0 Å². The van der Waals surface area contributed by atoms with Crippen LogP contribution in [0.5, 0.6) is 0 Å². The van der Waals surface area contributed by atoms with Crippen molar-refractivity contribution in [2.24, 2.45) is 0 Å². The molecule has 0 radical (unpaired) electrons. The van der Waals surface area contributed by atoms with Gasteiger partial charge in [0, 0.05) is 11.8 Å². The van der Waals surface area contributed by atoms with E-state index in [1.54, 1.807) is 18.2 Å². The fourth-order valence-electron chi connectivity index (χ4n) is 1.44. The summed E-state index contributed by atoms with van der Waals surface area (Å²) in [7, 11) is 0. The molecule has 0 aliphatic rings. The highest BCUT2D eigenvalue weighted by molar-refractivity contribution is 5.99. The van der Waals surface area contributed by atoms with Gasteiger partial charge in [-0.25, -0.2) is 9.59 Å². The Balaban J connectivity index is 2.01. The average molecular weight is 271 g/mol. The van der Waals surface area contributed by atoms with Gasteiger partial charge in [-0.3, -0.25) is 10.4 Å². The molecule has 2 rings (SSSR count). The van der Waals surface area contributed by atoms with Crippen LogP contribution < -0.4 is 10.6 Å². The van der Waals surface area contributed by atoms with Crippen molar-refractivity contribution < 1.29 is 14.7 Å². The van der Waals surface area contributed by atoms with Crippen LogP contribution in [0.15, 0.2) is 30.3 Å². The fourth-order valence-corrected chi connectivity index (χ4v) is 1.44. The summed E-state index contributed by atoms with van der Waals surface area (Å²) in [5.74, 6) is -1.09. The molecule has 1 aromatic carbocycles. The number of H-pyrrole nitrogens is 1. The van der Waals surface area contributed by atoms with Crippen molar-refractivity contribution in [1.29, 1.82) is 5.26 Å². The summed E-state index contributed by atoms with van der Waals surface area (Å²) in [6.45, 7) is 0. The highest BCUT2D eigenvalue weighted by atomic mass is 16.4. The zero-order valence-corrected chi connectivity index (χ0v) is 10.0. The van der Waals surface area contributed by atoms with E-state index in [0.717, 1.165) is 0 Å². The third kappa shape index (κ3) is 3.11. The van der Waals surface area contributed by atoms with Gasteiger partial charge in [0.1, 0.15) is 5.69 Å². The number of nitriles is 1. The number of urea groups is 1. The van der Waals surface area contributed by atoms with Crippen molar-refractivity contribution in [3.63, 3.8) is 0 Å². The van der Waals surface area contributed by atoms with E-state index in [4.69, 9.17) is 10.4 Å². The predicted octanol–water partition coefficient (Wildman–Crippen LogP) is 1.62. The van der Waals surface area contributed by atoms with Crippen molar-refractivity contribution in [1.82, 2.24) is 10.2 Å². The highest BCUT2D eigenvalue weighted by Gasteiger charge is 2.10. The topological polar surface area (TPSA) is 131 Å². The standard InChI is InChI=1S/C12H9N5O3/c13-6-7-2-1-3-8(4-7)14-12(20)15-10-5-9(11(18)19)16-17-10/h1-5H,(H,18,19)(H3,14,15,16,17,20). The van der Waals surface area contributed by atoms with E-state index in [0.29, 0.717) is 11.3 Å². The summed E-state index contributed by atoms with van der Waals surface area (Å²) in [6, 6.07) is 8.91. The van der Waals surface area contributed by atoms with Crippen LogP contribution in [0.1, 0.15) is 16.1 Å². The summed E-state index contributed by atoms with van der Waals surface area (Å²) in [6.07, 6.45) is 0. The first kappa shape index (κ1) is 13.1. The smallest absolute Gasteiger partial charge is 0.353 e. The lowest BCUT2D eigenvalue weighted by molar-refractivity contribution is 0.0690. The number of rotatable bonds is 3. The van der Waals surface area contributed by atoms with Crippen molar-refractivity contribution in [2.45, 2.75) is 0 Å². The molecule has 20 heavy (non-hydrogen) atoms. The van der Waals surface area contributed by atoms with Crippen LogP contribution in [0.2, 0.25) is 0 Å². The summed E-state index contributed by atoms with van der Waals surface area (Å²) in [5, 5.41) is 28.2. The Labute approximate surface area is 113 Å². The van der Waals surface area contributed by atoms with Gasteiger partial charge in [-0.15, -0.1) is 0 Å². The van der Waals surface area contributed by atoms with Gasteiger partial charge in [0.15, 0.2) is 5.82 Å². The maximum Gasteiger partial charge on any atom is 0.353 e. The molecule has 0 bridgehead atoms. The number of aromatic nitrogens is 2. The van der Waals surface area contributed by atoms with Crippen LogP contribution in [0.4, 0.5) is 16.3 Å². The van der Waals surface area contributed by atoms with E-state index < -0.39 is 12.0 Å². The van der Waals surface area contributed by atoms with Gasteiger partial charge in [0.25, 0.3) is 0 Å². The lowest BCUT2D eigenvalue weighted by atomic mass is 10.2. The minimum Gasteiger partial charge on any atom is -0.477 e. The van der Waals surface area contributed by atoms with E-state index >= 15 is 0 Å². The maximum absolute atomic E-state index is 11.7. The van der Waals surface area contributed by atoms with E-state index in [1.165, 1.54) is 12.1 Å². The zero-order valence-electron chi connectivity index (χ0n) is 10.0. The Morgan fingerprint density at radius 1 is 1.30 bits per heavy atom. The summed E-state index contributed by atoms with van der Waals surface area (Å²) < 4.78 is 0. The molecule has 0 saturated heterocycles. The Kier molecular flexibility index (Phi) is 3.63. The van der Waals surface area contributed by atoms with E-state index in [-0.39, 0.29) is 11.5 Å². The lowest BCUT2D eigenvalue weighted by Gasteiger charge is -2.05. The normalized spacial score (nSPS) is 9.55. The van der Waals surface area contributed by atoms with Gasteiger partial charge in [-0.05, 0) is 18.2 Å². The molecule has 0 aliphatic heterocycles.